The van der Waals surface area contributed by atoms with Crippen LogP contribution in [-0.4, -0.2) is 31.8 Å². The third-order valence-electron chi connectivity index (χ3n) is 3.01. The lowest BCUT2D eigenvalue weighted by Crippen LogP contribution is -2.28. The average molecular weight is 261 g/mol. The van der Waals surface area contributed by atoms with Crippen LogP contribution in [0, 0.1) is 0 Å². The van der Waals surface area contributed by atoms with Gasteiger partial charge in [0.05, 0.1) is 0 Å². The Morgan fingerprint density at radius 1 is 1.47 bits per heavy atom. The van der Waals surface area contributed by atoms with E-state index < -0.39 is 0 Å². The first-order chi connectivity index (χ1) is 9.09. The summed E-state index contributed by atoms with van der Waals surface area (Å²) < 4.78 is 3.81. The van der Waals surface area contributed by atoms with Gasteiger partial charge in [0.1, 0.15) is 17.8 Å². The highest BCUT2D eigenvalue weighted by atomic mass is 16.1. The van der Waals surface area contributed by atoms with Gasteiger partial charge in [0.25, 0.3) is 5.91 Å². The smallest absolute Gasteiger partial charge is 0.267 e. The molecule has 0 aromatic carbocycles. The normalized spacial score (nSPS) is 10.9. The van der Waals surface area contributed by atoms with Crippen LogP contribution in [0.2, 0.25) is 0 Å². The van der Waals surface area contributed by atoms with Crippen LogP contribution in [0.5, 0.6) is 0 Å². The van der Waals surface area contributed by atoms with Gasteiger partial charge in [0.15, 0.2) is 0 Å². The van der Waals surface area contributed by atoms with E-state index in [2.05, 4.69) is 29.4 Å². The summed E-state index contributed by atoms with van der Waals surface area (Å²) in [5.41, 5.74) is 0.688. The topological polar surface area (TPSA) is 64.7 Å². The summed E-state index contributed by atoms with van der Waals surface area (Å²) in [7, 11) is 1.89. The molecule has 0 bridgehead atoms. The maximum atomic E-state index is 12.1. The number of rotatable bonds is 5. The van der Waals surface area contributed by atoms with Gasteiger partial charge in [-0.25, -0.2) is 0 Å². The molecule has 0 aliphatic heterocycles. The van der Waals surface area contributed by atoms with Crippen molar-refractivity contribution in [1.29, 1.82) is 0 Å². The van der Waals surface area contributed by atoms with Gasteiger partial charge in [-0.2, -0.15) is 0 Å². The molecule has 0 spiro atoms. The second-order valence-corrected chi connectivity index (χ2v) is 4.76. The van der Waals surface area contributed by atoms with E-state index in [0.29, 0.717) is 18.7 Å². The molecule has 2 aromatic heterocycles. The SMILES string of the molecule is CC(C)n1cccc1C(=O)NCCc1nncn1C. The van der Waals surface area contributed by atoms with Crippen LogP contribution in [-0.2, 0) is 13.5 Å². The summed E-state index contributed by atoms with van der Waals surface area (Å²) in [4.78, 5) is 12.1. The minimum absolute atomic E-state index is 0.0548. The van der Waals surface area contributed by atoms with Crippen molar-refractivity contribution in [2.75, 3.05) is 6.54 Å². The number of hydrogen-bond donors (Lipinski definition) is 1. The number of aryl methyl sites for hydroxylation is 1. The number of carbonyl (C=O) groups excluding carboxylic acids is 1. The second-order valence-electron chi connectivity index (χ2n) is 4.76. The summed E-state index contributed by atoms with van der Waals surface area (Å²) in [6.45, 7) is 4.65. The van der Waals surface area contributed by atoms with E-state index in [0.717, 1.165) is 5.82 Å². The highest BCUT2D eigenvalue weighted by molar-refractivity contribution is 5.92. The molecular formula is C13H19N5O. The van der Waals surface area contributed by atoms with E-state index in [-0.39, 0.29) is 11.9 Å². The van der Waals surface area contributed by atoms with E-state index in [1.807, 2.05) is 34.5 Å². The summed E-state index contributed by atoms with van der Waals surface area (Å²) in [5, 5.41) is 10.7. The molecule has 1 amide bonds. The molecule has 0 atom stereocenters. The highest BCUT2D eigenvalue weighted by Crippen LogP contribution is 2.10. The fraction of sp³-hybridized carbons (Fsp3) is 0.462. The van der Waals surface area contributed by atoms with Gasteiger partial charge in [0.2, 0.25) is 0 Å². The number of nitrogens with one attached hydrogen (secondary N) is 1. The summed E-state index contributed by atoms with van der Waals surface area (Å²) in [5.74, 6) is 0.806. The number of aromatic nitrogens is 4. The van der Waals surface area contributed by atoms with Gasteiger partial charge in [0, 0.05) is 32.3 Å². The molecule has 6 nitrogen and oxygen atoms in total. The lowest BCUT2D eigenvalue weighted by atomic mass is 10.3. The van der Waals surface area contributed by atoms with Crippen LogP contribution in [0.15, 0.2) is 24.7 Å². The van der Waals surface area contributed by atoms with Crippen molar-refractivity contribution in [1.82, 2.24) is 24.6 Å². The summed E-state index contributed by atoms with van der Waals surface area (Å²) in [6, 6.07) is 3.99. The zero-order chi connectivity index (χ0) is 13.8. The Kier molecular flexibility index (Phi) is 3.99. The first kappa shape index (κ1) is 13.3. The zero-order valence-electron chi connectivity index (χ0n) is 11.5. The molecule has 0 fully saturated rings. The Bertz CT molecular complexity index is 555. The van der Waals surface area contributed by atoms with Gasteiger partial charge < -0.3 is 14.5 Å². The molecule has 102 valence electrons. The van der Waals surface area contributed by atoms with E-state index in [9.17, 15) is 4.79 Å². The molecule has 2 aromatic rings. The lowest BCUT2D eigenvalue weighted by molar-refractivity contribution is 0.0943. The Morgan fingerprint density at radius 3 is 2.89 bits per heavy atom. The maximum Gasteiger partial charge on any atom is 0.267 e. The quantitative estimate of drug-likeness (QED) is 0.878. The second kappa shape index (κ2) is 5.69. The van der Waals surface area contributed by atoms with Crippen molar-refractivity contribution in [3.8, 4) is 0 Å². The Balaban J connectivity index is 1.91. The van der Waals surface area contributed by atoms with Crippen LogP contribution < -0.4 is 5.32 Å². The van der Waals surface area contributed by atoms with E-state index in [1.165, 1.54) is 0 Å². The van der Waals surface area contributed by atoms with Crippen molar-refractivity contribution < 1.29 is 4.79 Å². The molecule has 6 heteroatoms. The third kappa shape index (κ3) is 3.01. The molecule has 2 heterocycles. The van der Waals surface area contributed by atoms with Gasteiger partial charge >= 0.3 is 0 Å². The van der Waals surface area contributed by atoms with Crippen LogP contribution >= 0.6 is 0 Å². The van der Waals surface area contributed by atoms with Gasteiger partial charge in [-0.1, -0.05) is 0 Å². The minimum Gasteiger partial charge on any atom is -0.350 e. The molecule has 0 radical (unpaired) electrons. The molecule has 0 saturated carbocycles. The van der Waals surface area contributed by atoms with Crippen molar-refractivity contribution in [2.45, 2.75) is 26.3 Å². The standard InChI is InChI=1S/C13H19N5O/c1-10(2)18-8-4-5-11(18)13(19)14-7-6-12-16-15-9-17(12)3/h4-5,8-10H,6-7H2,1-3H3,(H,14,19). The number of carbonyl (C=O) groups is 1. The molecule has 0 unspecified atom stereocenters. The summed E-state index contributed by atoms with van der Waals surface area (Å²) >= 11 is 0. The van der Waals surface area contributed by atoms with Crippen LogP contribution in [0.3, 0.4) is 0 Å². The summed E-state index contributed by atoms with van der Waals surface area (Å²) in [6.07, 6.45) is 4.24. The minimum atomic E-state index is -0.0548. The number of hydrogen-bond acceptors (Lipinski definition) is 3. The molecule has 1 N–H and O–H groups in total. The predicted octanol–water partition coefficient (Wildman–Crippen LogP) is 1.17. The van der Waals surface area contributed by atoms with Gasteiger partial charge in [-0.05, 0) is 26.0 Å². The first-order valence-corrected chi connectivity index (χ1v) is 6.37. The molecule has 2 rings (SSSR count). The predicted molar refractivity (Wildman–Crippen MR) is 71.9 cm³/mol. The van der Waals surface area contributed by atoms with Crippen LogP contribution in [0.4, 0.5) is 0 Å². The Labute approximate surface area is 112 Å². The van der Waals surface area contributed by atoms with Crippen molar-refractivity contribution in [3.05, 3.63) is 36.2 Å². The Hall–Kier alpha value is -2.11. The first-order valence-electron chi connectivity index (χ1n) is 6.37. The molecule has 19 heavy (non-hydrogen) atoms. The fourth-order valence-corrected chi connectivity index (χ4v) is 1.95. The largest absolute Gasteiger partial charge is 0.350 e. The number of amides is 1. The van der Waals surface area contributed by atoms with Crippen molar-refractivity contribution >= 4 is 5.91 Å². The monoisotopic (exact) mass is 261 g/mol. The molecule has 0 aliphatic rings. The maximum absolute atomic E-state index is 12.1. The highest BCUT2D eigenvalue weighted by Gasteiger charge is 2.12. The van der Waals surface area contributed by atoms with Crippen molar-refractivity contribution in [2.24, 2.45) is 7.05 Å². The molecule has 0 aliphatic carbocycles. The van der Waals surface area contributed by atoms with Crippen LogP contribution in [0.1, 0.15) is 36.2 Å². The molecule has 0 saturated heterocycles. The van der Waals surface area contributed by atoms with Gasteiger partial charge in [-0.15, -0.1) is 10.2 Å². The van der Waals surface area contributed by atoms with E-state index in [4.69, 9.17) is 0 Å². The van der Waals surface area contributed by atoms with Crippen molar-refractivity contribution in [3.63, 3.8) is 0 Å². The molecular weight excluding hydrogens is 242 g/mol. The fourth-order valence-electron chi connectivity index (χ4n) is 1.95. The average Bonchev–Trinajstić information content (AvgIpc) is 2.98. The van der Waals surface area contributed by atoms with Crippen LogP contribution in [0.25, 0.3) is 0 Å². The van der Waals surface area contributed by atoms with E-state index >= 15 is 0 Å². The third-order valence-corrected chi connectivity index (χ3v) is 3.01. The lowest BCUT2D eigenvalue weighted by Gasteiger charge is -2.12. The zero-order valence-corrected chi connectivity index (χ0v) is 11.5. The van der Waals surface area contributed by atoms with Gasteiger partial charge in [-0.3, -0.25) is 4.79 Å². The number of nitrogens with zero attached hydrogens (tertiary/aromatic N) is 4. The Morgan fingerprint density at radius 2 is 2.26 bits per heavy atom. The van der Waals surface area contributed by atoms with E-state index in [1.54, 1.807) is 6.33 Å².